The van der Waals surface area contributed by atoms with Gasteiger partial charge in [-0.05, 0) is 54.8 Å². The zero-order valence-electron chi connectivity index (χ0n) is 10.2. The van der Waals surface area contributed by atoms with Gasteiger partial charge < -0.3 is 15.6 Å². The van der Waals surface area contributed by atoms with Crippen molar-refractivity contribution < 1.29 is 9.84 Å². The van der Waals surface area contributed by atoms with Crippen LogP contribution in [0.25, 0.3) is 0 Å². The van der Waals surface area contributed by atoms with Crippen molar-refractivity contribution in [2.45, 2.75) is 12.8 Å². The van der Waals surface area contributed by atoms with E-state index in [4.69, 9.17) is 15.6 Å². The Balaban J connectivity index is 2.06. The molecule has 0 atom stereocenters. The summed E-state index contributed by atoms with van der Waals surface area (Å²) in [6, 6.07) is 15.2. The van der Waals surface area contributed by atoms with E-state index >= 15 is 0 Å². The lowest BCUT2D eigenvalue weighted by molar-refractivity contribution is 0.288. The van der Waals surface area contributed by atoms with Gasteiger partial charge in [-0.1, -0.05) is 12.1 Å². The highest BCUT2D eigenvalue weighted by Crippen LogP contribution is 2.23. The molecule has 0 saturated carbocycles. The molecule has 0 spiro atoms. The SMILES string of the molecule is Nc1ccc(Oc2cccc(CCCO)c2)cc1. The second-order valence-electron chi connectivity index (χ2n) is 4.15. The highest BCUT2D eigenvalue weighted by atomic mass is 16.5. The molecule has 0 saturated heterocycles. The maximum Gasteiger partial charge on any atom is 0.127 e. The van der Waals surface area contributed by atoms with Crippen LogP contribution < -0.4 is 10.5 Å². The summed E-state index contributed by atoms with van der Waals surface area (Å²) in [7, 11) is 0. The van der Waals surface area contributed by atoms with Crippen LogP contribution in [0, 0.1) is 0 Å². The van der Waals surface area contributed by atoms with E-state index in [1.54, 1.807) is 0 Å². The lowest BCUT2D eigenvalue weighted by Gasteiger charge is -2.07. The number of anilines is 1. The first-order valence-electron chi connectivity index (χ1n) is 6.01. The van der Waals surface area contributed by atoms with Gasteiger partial charge in [0.15, 0.2) is 0 Å². The van der Waals surface area contributed by atoms with E-state index < -0.39 is 0 Å². The monoisotopic (exact) mass is 243 g/mol. The van der Waals surface area contributed by atoms with E-state index in [1.165, 1.54) is 0 Å². The van der Waals surface area contributed by atoms with Crippen LogP contribution in [-0.4, -0.2) is 11.7 Å². The number of aliphatic hydroxyl groups is 1. The summed E-state index contributed by atoms with van der Waals surface area (Å²) >= 11 is 0. The standard InChI is InChI=1S/C15H17NO2/c16-13-6-8-14(9-7-13)18-15-5-1-3-12(11-15)4-2-10-17/h1,3,5-9,11,17H,2,4,10,16H2. The second-order valence-corrected chi connectivity index (χ2v) is 4.15. The molecule has 0 bridgehead atoms. The minimum atomic E-state index is 0.211. The van der Waals surface area contributed by atoms with Crippen molar-refractivity contribution in [2.75, 3.05) is 12.3 Å². The molecule has 0 heterocycles. The van der Waals surface area contributed by atoms with Gasteiger partial charge in [-0.3, -0.25) is 0 Å². The molecule has 3 N–H and O–H groups in total. The minimum Gasteiger partial charge on any atom is -0.457 e. The number of nitrogens with two attached hydrogens (primary N) is 1. The molecule has 3 heteroatoms. The van der Waals surface area contributed by atoms with Gasteiger partial charge in [0.25, 0.3) is 0 Å². The number of nitrogen functional groups attached to an aromatic ring is 1. The first-order chi connectivity index (χ1) is 8.78. The van der Waals surface area contributed by atoms with E-state index in [0.717, 1.165) is 35.6 Å². The van der Waals surface area contributed by atoms with Gasteiger partial charge in [-0.15, -0.1) is 0 Å². The Labute approximate surface area is 107 Å². The number of ether oxygens (including phenoxy) is 1. The molecule has 18 heavy (non-hydrogen) atoms. The summed E-state index contributed by atoms with van der Waals surface area (Å²) in [6.07, 6.45) is 1.63. The van der Waals surface area contributed by atoms with E-state index in [1.807, 2.05) is 48.5 Å². The van der Waals surface area contributed by atoms with Gasteiger partial charge >= 0.3 is 0 Å². The molecule has 2 aromatic rings. The average Bonchev–Trinajstić information content (AvgIpc) is 2.40. The largest absolute Gasteiger partial charge is 0.457 e. The van der Waals surface area contributed by atoms with E-state index in [2.05, 4.69) is 0 Å². The molecule has 0 aliphatic heterocycles. The summed E-state index contributed by atoms with van der Waals surface area (Å²) in [5.74, 6) is 1.57. The van der Waals surface area contributed by atoms with Crippen LogP contribution in [0.2, 0.25) is 0 Å². The quantitative estimate of drug-likeness (QED) is 0.794. The molecule has 0 fully saturated rings. The molecule has 0 amide bonds. The van der Waals surface area contributed by atoms with Crippen LogP contribution in [0.3, 0.4) is 0 Å². The Morgan fingerprint density at radius 3 is 2.50 bits per heavy atom. The normalized spacial score (nSPS) is 10.3. The van der Waals surface area contributed by atoms with E-state index in [-0.39, 0.29) is 6.61 Å². The summed E-state index contributed by atoms with van der Waals surface area (Å²) in [6.45, 7) is 0.211. The maximum atomic E-state index is 8.81. The van der Waals surface area contributed by atoms with Crippen molar-refractivity contribution in [3.63, 3.8) is 0 Å². The van der Waals surface area contributed by atoms with Crippen LogP contribution in [0.4, 0.5) is 5.69 Å². The van der Waals surface area contributed by atoms with Crippen molar-refractivity contribution in [2.24, 2.45) is 0 Å². The molecule has 94 valence electrons. The minimum absolute atomic E-state index is 0.211. The van der Waals surface area contributed by atoms with Crippen LogP contribution in [-0.2, 0) is 6.42 Å². The van der Waals surface area contributed by atoms with Gasteiger partial charge in [0.05, 0.1) is 0 Å². The number of aryl methyl sites for hydroxylation is 1. The first-order valence-corrected chi connectivity index (χ1v) is 6.01. The van der Waals surface area contributed by atoms with Crippen molar-refractivity contribution >= 4 is 5.69 Å². The Morgan fingerprint density at radius 2 is 1.78 bits per heavy atom. The number of hydrogen-bond acceptors (Lipinski definition) is 3. The van der Waals surface area contributed by atoms with Gasteiger partial charge in [0.2, 0.25) is 0 Å². The Kier molecular flexibility index (Phi) is 4.20. The molecule has 0 radical (unpaired) electrons. The zero-order valence-corrected chi connectivity index (χ0v) is 10.2. The molecule has 0 aliphatic carbocycles. The maximum absolute atomic E-state index is 8.81. The first kappa shape index (κ1) is 12.5. The Morgan fingerprint density at radius 1 is 1.00 bits per heavy atom. The zero-order chi connectivity index (χ0) is 12.8. The number of benzene rings is 2. The predicted octanol–water partition coefficient (Wildman–Crippen LogP) is 2.99. The topological polar surface area (TPSA) is 55.5 Å². The fraction of sp³-hybridized carbons (Fsp3) is 0.200. The van der Waals surface area contributed by atoms with Crippen LogP contribution in [0.5, 0.6) is 11.5 Å². The fourth-order valence-corrected chi connectivity index (χ4v) is 1.72. The molecule has 2 aromatic carbocycles. The third kappa shape index (κ3) is 3.50. The van der Waals surface area contributed by atoms with Crippen LogP contribution >= 0.6 is 0 Å². The fourth-order valence-electron chi connectivity index (χ4n) is 1.72. The van der Waals surface area contributed by atoms with Crippen molar-refractivity contribution in [3.05, 3.63) is 54.1 Å². The Bertz CT molecular complexity index is 494. The molecular weight excluding hydrogens is 226 g/mol. The van der Waals surface area contributed by atoms with Gasteiger partial charge in [-0.25, -0.2) is 0 Å². The molecule has 0 unspecified atom stereocenters. The summed E-state index contributed by atoms with van der Waals surface area (Å²) in [4.78, 5) is 0. The van der Waals surface area contributed by atoms with E-state index in [9.17, 15) is 0 Å². The van der Waals surface area contributed by atoms with Crippen molar-refractivity contribution in [3.8, 4) is 11.5 Å². The van der Waals surface area contributed by atoms with Crippen LogP contribution in [0.15, 0.2) is 48.5 Å². The molecule has 3 nitrogen and oxygen atoms in total. The summed E-state index contributed by atoms with van der Waals surface area (Å²) < 4.78 is 5.74. The second kappa shape index (κ2) is 6.07. The van der Waals surface area contributed by atoms with Gasteiger partial charge in [-0.2, -0.15) is 0 Å². The molecule has 0 aliphatic rings. The average molecular weight is 243 g/mol. The van der Waals surface area contributed by atoms with Crippen LogP contribution in [0.1, 0.15) is 12.0 Å². The third-order valence-corrected chi connectivity index (χ3v) is 2.64. The summed E-state index contributed by atoms with van der Waals surface area (Å²) in [5.41, 5.74) is 7.51. The smallest absolute Gasteiger partial charge is 0.127 e. The molecule has 0 aromatic heterocycles. The van der Waals surface area contributed by atoms with E-state index in [0.29, 0.717) is 0 Å². The summed E-state index contributed by atoms with van der Waals surface area (Å²) in [5, 5.41) is 8.81. The lowest BCUT2D eigenvalue weighted by Crippen LogP contribution is -1.91. The van der Waals surface area contributed by atoms with Crippen molar-refractivity contribution in [1.29, 1.82) is 0 Å². The van der Waals surface area contributed by atoms with Gasteiger partial charge in [0, 0.05) is 12.3 Å². The van der Waals surface area contributed by atoms with Gasteiger partial charge in [0.1, 0.15) is 11.5 Å². The molecule has 2 rings (SSSR count). The van der Waals surface area contributed by atoms with Crippen molar-refractivity contribution in [1.82, 2.24) is 0 Å². The predicted molar refractivity (Wildman–Crippen MR) is 72.8 cm³/mol. The third-order valence-electron chi connectivity index (χ3n) is 2.64. The molecular formula is C15H17NO2. The number of rotatable bonds is 5. The number of hydrogen-bond donors (Lipinski definition) is 2. The lowest BCUT2D eigenvalue weighted by atomic mass is 10.1. The Hall–Kier alpha value is -2.00. The highest BCUT2D eigenvalue weighted by molar-refractivity contribution is 5.43. The highest BCUT2D eigenvalue weighted by Gasteiger charge is 1.99. The number of aliphatic hydroxyl groups excluding tert-OH is 1.